The number of ether oxygens (including phenoxy) is 1. The molecule has 1 N–H and O–H groups in total. The van der Waals surface area contributed by atoms with Crippen molar-refractivity contribution in [3.05, 3.63) is 48.0 Å². The maximum absolute atomic E-state index is 13.6. The zero-order valence-corrected chi connectivity index (χ0v) is 21.5. The summed E-state index contributed by atoms with van der Waals surface area (Å²) in [5.74, 6) is 0.108. The molecule has 1 aliphatic heterocycles. The fourth-order valence-corrected chi connectivity index (χ4v) is 5.87. The molecule has 9 heteroatoms. The molecule has 34 heavy (non-hydrogen) atoms. The van der Waals surface area contributed by atoms with Gasteiger partial charge in [-0.2, -0.15) is 4.31 Å². The molecule has 0 radical (unpaired) electrons. The number of likely N-dealkylation sites (N-methyl/N-ethyl adjacent to an activating group) is 1. The lowest BCUT2D eigenvalue weighted by atomic mass is 10.0. The Morgan fingerprint density at radius 3 is 2.29 bits per heavy atom. The van der Waals surface area contributed by atoms with E-state index in [-0.39, 0.29) is 36.0 Å². The summed E-state index contributed by atoms with van der Waals surface area (Å²) in [6, 6.07) is 11.7. The summed E-state index contributed by atoms with van der Waals surface area (Å²) in [6.07, 6.45) is -0.243. The molecule has 2 aromatic rings. The molecular weight excluding hydrogens is 454 g/mol. The van der Waals surface area contributed by atoms with E-state index in [1.165, 1.54) is 9.21 Å². The van der Waals surface area contributed by atoms with Crippen LogP contribution in [0.25, 0.3) is 11.1 Å². The second-order valence-corrected chi connectivity index (χ2v) is 11.3. The number of aliphatic hydroxyl groups excluding tert-OH is 1. The van der Waals surface area contributed by atoms with Gasteiger partial charge in [0.05, 0.1) is 6.61 Å². The minimum atomic E-state index is -3.88. The van der Waals surface area contributed by atoms with Crippen LogP contribution in [0.4, 0.5) is 0 Å². The maximum Gasteiger partial charge on any atom is 0.253 e. The Kier molecular flexibility index (Phi) is 8.02. The van der Waals surface area contributed by atoms with Gasteiger partial charge in [-0.15, -0.1) is 0 Å². The Balaban J connectivity index is 2.09. The molecule has 2 aromatic carbocycles. The normalized spacial score (nSPS) is 21.2. The molecular formula is C25H35N3O5S. The molecule has 0 aromatic heterocycles. The Morgan fingerprint density at radius 1 is 1.12 bits per heavy atom. The van der Waals surface area contributed by atoms with Crippen LogP contribution in [0.3, 0.4) is 0 Å². The van der Waals surface area contributed by atoms with Crippen LogP contribution in [0.5, 0.6) is 5.75 Å². The van der Waals surface area contributed by atoms with Crippen molar-refractivity contribution in [2.45, 2.75) is 30.9 Å². The van der Waals surface area contributed by atoms with Crippen LogP contribution in [0.2, 0.25) is 0 Å². The highest BCUT2D eigenvalue weighted by atomic mass is 32.2. The van der Waals surface area contributed by atoms with Crippen molar-refractivity contribution in [1.29, 1.82) is 0 Å². The summed E-state index contributed by atoms with van der Waals surface area (Å²) >= 11 is 0. The topological polar surface area (TPSA) is 90.4 Å². The second kappa shape index (κ2) is 10.4. The van der Waals surface area contributed by atoms with Gasteiger partial charge >= 0.3 is 0 Å². The number of nitrogens with zero attached hydrogens (tertiary/aromatic N) is 3. The first kappa shape index (κ1) is 26.2. The highest BCUT2D eigenvalue weighted by Gasteiger charge is 2.38. The van der Waals surface area contributed by atoms with E-state index < -0.39 is 16.1 Å². The molecule has 8 nitrogen and oxygen atoms in total. The van der Waals surface area contributed by atoms with Crippen molar-refractivity contribution >= 4 is 15.9 Å². The van der Waals surface area contributed by atoms with E-state index in [9.17, 15) is 18.3 Å². The van der Waals surface area contributed by atoms with Crippen molar-refractivity contribution in [2.24, 2.45) is 5.92 Å². The molecule has 1 heterocycles. The number of hydrogen-bond donors (Lipinski definition) is 1. The van der Waals surface area contributed by atoms with Crippen molar-refractivity contribution in [3.8, 4) is 16.9 Å². The Labute approximate surface area is 202 Å². The van der Waals surface area contributed by atoms with E-state index in [2.05, 4.69) is 0 Å². The fourth-order valence-electron chi connectivity index (χ4n) is 4.05. The van der Waals surface area contributed by atoms with Gasteiger partial charge in [0.15, 0.2) is 0 Å². The lowest BCUT2D eigenvalue weighted by molar-refractivity contribution is 0.0812. The maximum atomic E-state index is 13.6. The van der Waals surface area contributed by atoms with Gasteiger partial charge in [-0.25, -0.2) is 8.42 Å². The smallest absolute Gasteiger partial charge is 0.253 e. The average molecular weight is 490 g/mol. The quantitative estimate of drug-likeness (QED) is 0.670. The van der Waals surface area contributed by atoms with Gasteiger partial charge in [-0.1, -0.05) is 25.1 Å². The molecule has 3 atom stereocenters. The second-order valence-electron chi connectivity index (χ2n) is 9.44. The third-order valence-corrected chi connectivity index (χ3v) is 8.10. The lowest BCUT2D eigenvalue weighted by Gasteiger charge is -2.37. The predicted molar refractivity (Wildman–Crippen MR) is 132 cm³/mol. The van der Waals surface area contributed by atoms with E-state index in [1.54, 1.807) is 51.4 Å². The first-order valence-corrected chi connectivity index (χ1v) is 12.8. The Bertz CT molecular complexity index is 1120. The molecule has 3 rings (SSSR count). The minimum absolute atomic E-state index is 0.0854. The Morgan fingerprint density at radius 2 is 1.74 bits per heavy atom. The zero-order valence-electron chi connectivity index (χ0n) is 20.7. The number of fused-ring (bicyclic) bond motifs is 1. The first-order chi connectivity index (χ1) is 15.9. The van der Waals surface area contributed by atoms with Crippen LogP contribution in [0, 0.1) is 5.92 Å². The van der Waals surface area contributed by atoms with Crippen molar-refractivity contribution < 1.29 is 23.1 Å². The molecule has 0 unspecified atom stereocenters. The number of aliphatic hydroxyl groups is 1. The fraction of sp³-hybridized carbons (Fsp3) is 0.480. The van der Waals surface area contributed by atoms with Gasteiger partial charge in [0.1, 0.15) is 16.7 Å². The summed E-state index contributed by atoms with van der Waals surface area (Å²) in [7, 11) is 3.43. The highest BCUT2D eigenvalue weighted by Crippen LogP contribution is 2.36. The van der Waals surface area contributed by atoms with E-state index in [0.717, 1.165) is 11.1 Å². The van der Waals surface area contributed by atoms with Crippen molar-refractivity contribution in [3.63, 3.8) is 0 Å². The third-order valence-electron chi connectivity index (χ3n) is 6.08. The molecule has 0 bridgehead atoms. The SMILES string of the molecule is C[C@@H]1CN([C@@H](C)CO)S(=O)(=O)c2ccc(-c3ccc(C(=O)N(C)C)cc3)cc2O[C@@H]1CN(C)C. The largest absolute Gasteiger partial charge is 0.487 e. The van der Waals surface area contributed by atoms with Gasteiger partial charge in [-0.3, -0.25) is 4.79 Å². The molecule has 186 valence electrons. The summed E-state index contributed by atoms with van der Waals surface area (Å²) in [5, 5.41) is 9.74. The number of amides is 1. The van der Waals surface area contributed by atoms with Gasteiger partial charge < -0.3 is 19.6 Å². The van der Waals surface area contributed by atoms with Crippen LogP contribution in [-0.4, -0.2) is 93.6 Å². The molecule has 1 amide bonds. The number of carbonyl (C=O) groups is 1. The standard InChI is InChI=1S/C25H35N3O5S/c1-17-14-28(18(2)16-29)34(31,32)24-12-11-21(13-22(24)33-23(17)15-26(3)4)19-7-9-20(10-8-19)25(30)27(5)6/h7-13,17-18,23,29H,14-16H2,1-6H3/t17-,18+,23-/m1/s1. The average Bonchev–Trinajstić information content (AvgIpc) is 2.79. The van der Waals surface area contributed by atoms with Crippen LogP contribution in [-0.2, 0) is 10.0 Å². The van der Waals surface area contributed by atoms with Crippen LogP contribution < -0.4 is 4.74 Å². The molecule has 0 saturated carbocycles. The van der Waals surface area contributed by atoms with E-state index in [0.29, 0.717) is 17.9 Å². The van der Waals surface area contributed by atoms with Gasteiger partial charge in [0, 0.05) is 44.7 Å². The van der Waals surface area contributed by atoms with Crippen LogP contribution in [0.15, 0.2) is 47.4 Å². The molecule has 0 aliphatic carbocycles. The number of sulfonamides is 1. The van der Waals surface area contributed by atoms with Crippen molar-refractivity contribution in [2.75, 3.05) is 47.9 Å². The van der Waals surface area contributed by atoms with E-state index in [4.69, 9.17) is 4.74 Å². The molecule has 0 saturated heterocycles. The predicted octanol–water partition coefficient (Wildman–Crippen LogP) is 2.39. The monoisotopic (exact) mass is 489 g/mol. The molecule has 1 aliphatic rings. The third kappa shape index (κ3) is 5.43. The lowest BCUT2D eigenvalue weighted by Crippen LogP contribution is -2.49. The number of rotatable bonds is 6. The molecule has 0 fully saturated rings. The van der Waals surface area contributed by atoms with Gasteiger partial charge in [0.25, 0.3) is 5.91 Å². The number of benzene rings is 2. The van der Waals surface area contributed by atoms with Gasteiger partial charge in [-0.05, 0) is 56.4 Å². The number of hydrogen-bond acceptors (Lipinski definition) is 6. The van der Waals surface area contributed by atoms with E-state index >= 15 is 0 Å². The first-order valence-electron chi connectivity index (χ1n) is 11.4. The van der Waals surface area contributed by atoms with Crippen LogP contribution in [0.1, 0.15) is 24.2 Å². The summed E-state index contributed by atoms with van der Waals surface area (Å²) in [5.41, 5.74) is 2.21. The summed E-state index contributed by atoms with van der Waals surface area (Å²) in [4.78, 5) is 15.8. The highest BCUT2D eigenvalue weighted by molar-refractivity contribution is 7.89. The number of carbonyl (C=O) groups excluding carboxylic acids is 1. The van der Waals surface area contributed by atoms with Gasteiger partial charge in [0.2, 0.25) is 10.0 Å². The summed E-state index contributed by atoms with van der Waals surface area (Å²) in [6.45, 7) is 4.28. The Hall–Kier alpha value is -2.46. The molecule has 0 spiro atoms. The minimum Gasteiger partial charge on any atom is -0.487 e. The zero-order chi connectivity index (χ0) is 25.2. The van der Waals surface area contributed by atoms with Crippen LogP contribution >= 0.6 is 0 Å². The van der Waals surface area contributed by atoms with E-state index in [1.807, 2.05) is 38.1 Å². The summed E-state index contributed by atoms with van der Waals surface area (Å²) < 4.78 is 34.9. The van der Waals surface area contributed by atoms with Crippen molar-refractivity contribution in [1.82, 2.24) is 14.1 Å².